The van der Waals surface area contributed by atoms with Crippen molar-refractivity contribution in [3.63, 3.8) is 0 Å². The summed E-state index contributed by atoms with van der Waals surface area (Å²) in [6.07, 6.45) is 7.73. The Hall–Kier alpha value is -2.85. The van der Waals surface area contributed by atoms with E-state index in [4.69, 9.17) is 5.73 Å². The number of benzene rings is 1. The second-order valence-electron chi connectivity index (χ2n) is 8.29. The molecule has 5 N–H and O–H groups in total. The number of fused-ring (bicyclic) bond motifs is 1. The first-order valence-corrected chi connectivity index (χ1v) is 10.6. The van der Waals surface area contributed by atoms with Crippen LogP contribution in [0.4, 0.5) is 11.4 Å². The average Bonchev–Trinajstić information content (AvgIpc) is 3.48. The molecule has 166 valence electrons. The summed E-state index contributed by atoms with van der Waals surface area (Å²) in [7, 11) is 0. The van der Waals surface area contributed by atoms with Crippen molar-refractivity contribution in [3.8, 4) is 0 Å². The molecule has 1 aromatic carbocycles. The smallest absolute Gasteiger partial charge is 0.323 e. The fourth-order valence-corrected chi connectivity index (χ4v) is 4.50. The maximum absolute atomic E-state index is 12.9. The first-order valence-electron chi connectivity index (χ1n) is 10.6. The minimum absolute atomic E-state index is 0. The Morgan fingerprint density at radius 3 is 2.48 bits per heavy atom. The van der Waals surface area contributed by atoms with Gasteiger partial charge in [0.05, 0.1) is 34.6 Å². The maximum Gasteiger partial charge on any atom is 0.323 e. The van der Waals surface area contributed by atoms with Gasteiger partial charge in [0.2, 0.25) is 0 Å². The molecule has 31 heavy (non-hydrogen) atoms. The van der Waals surface area contributed by atoms with E-state index in [1.807, 2.05) is 6.07 Å². The molecule has 2 aromatic heterocycles. The van der Waals surface area contributed by atoms with Gasteiger partial charge in [-0.15, -0.1) is 17.5 Å². The van der Waals surface area contributed by atoms with Gasteiger partial charge in [-0.05, 0) is 50.7 Å². The van der Waals surface area contributed by atoms with E-state index in [2.05, 4.69) is 30.5 Å². The molecule has 0 radical (unpaired) electrons. The number of rotatable bonds is 4. The number of imidazole rings is 1. The third-order valence-electron chi connectivity index (χ3n) is 6.19. The molecule has 3 aromatic rings. The fraction of sp³-hybridized carbons (Fsp3) is 0.500. The number of nitrogens with two attached hydrogens (primary N) is 1. The average molecular weight is 447 g/mol. The van der Waals surface area contributed by atoms with Crippen LogP contribution < -0.4 is 21.6 Å². The number of nitrogens with one attached hydrogen (secondary N) is 3. The number of nitrogens with zero attached hydrogens (tertiary/aromatic N) is 4. The lowest BCUT2D eigenvalue weighted by atomic mass is 9.92. The van der Waals surface area contributed by atoms with E-state index in [9.17, 15) is 9.59 Å². The molecular formula is C20H27ClN8O2. The van der Waals surface area contributed by atoms with Gasteiger partial charge >= 0.3 is 5.69 Å². The van der Waals surface area contributed by atoms with Crippen LogP contribution in [0.25, 0.3) is 11.0 Å². The zero-order chi connectivity index (χ0) is 20.7. The molecule has 5 rings (SSSR count). The number of anilines is 2. The van der Waals surface area contributed by atoms with Crippen molar-refractivity contribution in [2.75, 3.05) is 23.3 Å². The summed E-state index contributed by atoms with van der Waals surface area (Å²) in [5.74, 6) is -0.313. The Morgan fingerprint density at radius 1 is 1.10 bits per heavy atom. The molecule has 2 aliphatic rings. The van der Waals surface area contributed by atoms with Crippen molar-refractivity contribution >= 4 is 40.7 Å². The number of carbonyl (C=O) groups is 1. The van der Waals surface area contributed by atoms with Crippen LogP contribution in [0.5, 0.6) is 0 Å². The van der Waals surface area contributed by atoms with Crippen molar-refractivity contribution in [1.29, 1.82) is 0 Å². The van der Waals surface area contributed by atoms with Gasteiger partial charge in [-0.3, -0.25) is 4.79 Å². The Bertz CT molecular complexity index is 1120. The fourth-order valence-electron chi connectivity index (χ4n) is 4.50. The van der Waals surface area contributed by atoms with Crippen molar-refractivity contribution in [2.45, 2.75) is 50.6 Å². The molecule has 3 heterocycles. The van der Waals surface area contributed by atoms with Crippen LogP contribution in [0.15, 0.2) is 23.1 Å². The Kier molecular flexibility index (Phi) is 6.01. The predicted octanol–water partition coefficient (Wildman–Crippen LogP) is 2.16. The molecule has 0 unspecified atom stereocenters. The number of amides is 1. The molecule has 10 nitrogen and oxygen atoms in total. The normalized spacial score (nSPS) is 21.3. The van der Waals surface area contributed by atoms with Crippen molar-refractivity contribution in [1.82, 2.24) is 25.0 Å². The van der Waals surface area contributed by atoms with Gasteiger partial charge in [0, 0.05) is 19.1 Å². The highest BCUT2D eigenvalue weighted by Gasteiger charge is 2.23. The number of halogens is 1. The Labute approximate surface area is 185 Å². The maximum atomic E-state index is 12.9. The third-order valence-corrected chi connectivity index (χ3v) is 6.19. The summed E-state index contributed by atoms with van der Waals surface area (Å²) in [4.78, 5) is 32.4. The Balaban J connectivity index is 0.00000231. The first kappa shape index (κ1) is 21.4. The van der Waals surface area contributed by atoms with E-state index in [1.165, 1.54) is 0 Å². The Morgan fingerprint density at radius 2 is 1.77 bits per heavy atom. The second-order valence-corrected chi connectivity index (χ2v) is 8.29. The van der Waals surface area contributed by atoms with Crippen molar-refractivity contribution in [3.05, 3.63) is 34.5 Å². The molecule has 0 spiro atoms. The molecular weight excluding hydrogens is 420 g/mol. The lowest BCUT2D eigenvalue weighted by molar-refractivity contribution is 0.102. The van der Waals surface area contributed by atoms with E-state index < -0.39 is 0 Å². The molecule has 2 fully saturated rings. The van der Waals surface area contributed by atoms with Crippen LogP contribution >= 0.6 is 12.4 Å². The number of aromatic amines is 2. The van der Waals surface area contributed by atoms with E-state index in [0.717, 1.165) is 62.8 Å². The van der Waals surface area contributed by atoms with Gasteiger partial charge in [-0.2, -0.15) is 0 Å². The van der Waals surface area contributed by atoms with Gasteiger partial charge < -0.3 is 25.9 Å². The van der Waals surface area contributed by atoms with Gasteiger partial charge in [-0.25, -0.2) is 9.48 Å². The minimum atomic E-state index is -0.313. The highest BCUT2D eigenvalue weighted by atomic mass is 35.5. The number of carbonyl (C=O) groups excluding carboxylic acids is 1. The lowest BCUT2D eigenvalue weighted by Crippen LogP contribution is -2.28. The van der Waals surface area contributed by atoms with E-state index in [0.29, 0.717) is 11.2 Å². The molecule has 0 atom stereocenters. The molecule has 1 amide bonds. The van der Waals surface area contributed by atoms with Crippen LogP contribution in [0, 0.1) is 0 Å². The predicted molar refractivity (Wildman–Crippen MR) is 121 cm³/mol. The summed E-state index contributed by atoms with van der Waals surface area (Å²) in [6, 6.07) is 4.20. The highest BCUT2D eigenvalue weighted by Crippen LogP contribution is 2.32. The number of H-pyrrole nitrogens is 2. The van der Waals surface area contributed by atoms with E-state index in [-0.39, 0.29) is 41.8 Å². The van der Waals surface area contributed by atoms with Crippen LogP contribution in [0.1, 0.15) is 55.1 Å². The third kappa shape index (κ3) is 4.31. The van der Waals surface area contributed by atoms with Gasteiger partial charge in [-0.1, -0.05) is 5.21 Å². The number of hydrogen-bond donors (Lipinski definition) is 4. The largest absolute Gasteiger partial charge is 0.370 e. The zero-order valence-electron chi connectivity index (χ0n) is 17.1. The molecule has 1 saturated heterocycles. The van der Waals surface area contributed by atoms with Crippen molar-refractivity contribution in [2.24, 2.45) is 5.73 Å². The van der Waals surface area contributed by atoms with Crippen molar-refractivity contribution < 1.29 is 4.79 Å². The molecule has 0 bridgehead atoms. The molecule has 1 saturated carbocycles. The standard InChI is InChI=1S/C20H26N8O2.ClH/c21-12-3-5-13(6-4-12)28-11-17(25-26-28)19(29)22-16-9-14-15(24-20(30)23-14)10-18(16)27-7-1-2-8-27;/h9-13H,1-8,21H2,(H,22,29)(H2,23,24,30);1H. The number of hydrogen-bond acceptors (Lipinski definition) is 6. The summed E-state index contributed by atoms with van der Waals surface area (Å²) in [5, 5.41) is 11.3. The number of aromatic nitrogens is 5. The summed E-state index contributed by atoms with van der Waals surface area (Å²) >= 11 is 0. The highest BCUT2D eigenvalue weighted by molar-refractivity contribution is 6.06. The summed E-state index contributed by atoms with van der Waals surface area (Å²) in [6.45, 7) is 1.84. The summed E-state index contributed by atoms with van der Waals surface area (Å²) < 4.78 is 1.79. The minimum Gasteiger partial charge on any atom is -0.370 e. The molecule has 1 aliphatic heterocycles. The second kappa shape index (κ2) is 8.72. The van der Waals surface area contributed by atoms with Crippen LogP contribution in [-0.4, -0.2) is 50.0 Å². The zero-order valence-corrected chi connectivity index (χ0v) is 18.0. The first-order chi connectivity index (χ1) is 14.6. The van der Waals surface area contributed by atoms with Gasteiger partial charge in [0.25, 0.3) is 5.91 Å². The SMILES string of the molecule is Cl.NC1CCC(n2cc(C(=O)Nc3cc4[nH]c(=O)[nH]c4cc3N3CCCC3)nn2)CC1. The van der Waals surface area contributed by atoms with Crippen LogP contribution in [-0.2, 0) is 0 Å². The van der Waals surface area contributed by atoms with Gasteiger partial charge in [0.15, 0.2) is 5.69 Å². The van der Waals surface area contributed by atoms with Gasteiger partial charge in [0.1, 0.15) is 0 Å². The quantitative estimate of drug-likeness (QED) is 0.484. The molecule has 11 heteroatoms. The van der Waals surface area contributed by atoms with Crippen LogP contribution in [0.3, 0.4) is 0 Å². The lowest BCUT2D eigenvalue weighted by Gasteiger charge is -2.25. The summed E-state index contributed by atoms with van der Waals surface area (Å²) in [5.41, 5.74) is 8.93. The van der Waals surface area contributed by atoms with E-state index in [1.54, 1.807) is 16.9 Å². The monoisotopic (exact) mass is 446 g/mol. The van der Waals surface area contributed by atoms with Crippen LogP contribution in [0.2, 0.25) is 0 Å². The molecule has 1 aliphatic carbocycles. The topological polar surface area (TPSA) is 138 Å². The van der Waals surface area contributed by atoms with E-state index >= 15 is 0 Å².